The smallest absolute Gasteiger partial charge is 0.152 e. The van der Waals surface area contributed by atoms with Crippen LogP contribution in [0.1, 0.15) is 22.8 Å². The Bertz CT molecular complexity index is 772. The minimum absolute atomic E-state index is 0.345. The molecule has 2 nitrogen and oxygen atoms in total. The number of fused-ring (bicyclic) bond motifs is 1. The van der Waals surface area contributed by atoms with Gasteiger partial charge in [-0.25, -0.2) is 4.39 Å². The Kier molecular flexibility index (Phi) is 3.11. The number of aldehydes is 1. The number of hydrogen-bond donors (Lipinski definition) is 1. The van der Waals surface area contributed by atoms with E-state index >= 15 is 0 Å². The maximum Gasteiger partial charge on any atom is 0.152 e. The maximum absolute atomic E-state index is 13.8. The molecule has 2 aromatic carbocycles. The molecule has 3 rings (SSSR count). The van der Waals surface area contributed by atoms with Crippen LogP contribution >= 0.6 is 0 Å². The number of H-pyrrole nitrogens is 1. The SMILES string of the molecule is CCc1ccc(-c2[nH]c3c(F)cccc3c2C=O)cc1. The first kappa shape index (κ1) is 12.6. The van der Waals surface area contributed by atoms with Gasteiger partial charge in [0, 0.05) is 10.9 Å². The lowest BCUT2D eigenvalue weighted by Crippen LogP contribution is -1.86. The van der Waals surface area contributed by atoms with Gasteiger partial charge in [0.15, 0.2) is 6.29 Å². The van der Waals surface area contributed by atoms with E-state index in [-0.39, 0.29) is 5.82 Å². The highest BCUT2D eigenvalue weighted by Crippen LogP contribution is 2.30. The zero-order valence-corrected chi connectivity index (χ0v) is 11.1. The number of para-hydroxylation sites is 1. The average molecular weight is 267 g/mol. The third kappa shape index (κ3) is 1.92. The molecule has 0 aliphatic heterocycles. The first-order valence-electron chi connectivity index (χ1n) is 6.59. The second-order valence-corrected chi connectivity index (χ2v) is 4.74. The summed E-state index contributed by atoms with van der Waals surface area (Å²) in [6.45, 7) is 2.09. The summed E-state index contributed by atoms with van der Waals surface area (Å²) in [7, 11) is 0. The van der Waals surface area contributed by atoms with Gasteiger partial charge >= 0.3 is 0 Å². The number of nitrogens with one attached hydrogen (secondary N) is 1. The van der Waals surface area contributed by atoms with Gasteiger partial charge in [0.2, 0.25) is 0 Å². The summed E-state index contributed by atoms with van der Waals surface area (Å²) in [6, 6.07) is 12.7. The number of rotatable bonds is 3. The highest BCUT2D eigenvalue weighted by molar-refractivity contribution is 6.04. The second kappa shape index (κ2) is 4.93. The molecule has 1 N–H and O–H groups in total. The summed E-state index contributed by atoms with van der Waals surface area (Å²) in [4.78, 5) is 14.4. The first-order valence-corrected chi connectivity index (χ1v) is 6.59. The lowest BCUT2D eigenvalue weighted by molar-refractivity contribution is 0.112. The molecule has 100 valence electrons. The van der Waals surface area contributed by atoms with E-state index in [0.717, 1.165) is 18.3 Å². The van der Waals surface area contributed by atoms with Gasteiger partial charge in [-0.1, -0.05) is 43.3 Å². The van der Waals surface area contributed by atoms with Gasteiger partial charge in [0.1, 0.15) is 5.82 Å². The standard InChI is InChI=1S/C17H14FNO/c1-2-11-6-8-12(9-7-11)16-14(10-20)13-4-3-5-15(18)17(13)19-16/h3-10,19H,2H2,1H3. The van der Waals surface area contributed by atoms with E-state index in [1.54, 1.807) is 12.1 Å². The third-order valence-electron chi connectivity index (χ3n) is 3.59. The van der Waals surface area contributed by atoms with Crippen molar-refractivity contribution in [3.8, 4) is 11.3 Å². The van der Waals surface area contributed by atoms with Crippen LogP contribution in [0, 0.1) is 5.82 Å². The van der Waals surface area contributed by atoms with Crippen molar-refractivity contribution in [1.82, 2.24) is 4.98 Å². The molecule has 0 aliphatic carbocycles. The molecule has 0 spiro atoms. The van der Waals surface area contributed by atoms with Gasteiger partial charge in [-0.2, -0.15) is 0 Å². The molecule has 1 aromatic heterocycles. The fraction of sp³-hybridized carbons (Fsp3) is 0.118. The van der Waals surface area contributed by atoms with Crippen molar-refractivity contribution in [1.29, 1.82) is 0 Å². The van der Waals surface area contributed by atoms with Crippen LogP contribution in [-0.4, -0.2) is 11.3 Å². The summed E-state index contributed by atoms with van der Waals surface area (Å²) in [5.41, 5.74) is 3.67. The van der Waals surface area contributed by atoms with E-state index in [1.165, 1.54) is 11.6 Å². The molecule has 3 aromatic rings. The van der Waals surface area contributed by atoms with Gasteiger partial charge in [-0.3, -0.25) is 4.79 Å². The van der Waals surface area contributed by atoms with Gasteiger partial charge in [0.05, 0.1) is 11.2 Å². The molecule has 0 saturated carbocycles. The first-order chi connectivity index (χ1) is 9.74. The van der Waals surface area contributed by atoms with Crippen molar-refractivity contribution in [2.45, 2.75) is 13.3 Å². The molecular formula is C17H14FNO. The number of halogens is 1. The quantitative estimate of drug-likeness (QED) is 0.703. The number of aryl methyl sites for hydroxylation is 1. The minimum atomic E-state index is -0.345. The molecule has 1 heterocycles. The van der Waals surface area contributed by atoms with E-state index in [1.807, 2.05) is 24.3 Å². The summed E-state index contributed by atoms with van der Waals surface area (Å²) in [5, 5.41) is 0.620. The molecule has 0 fully saturated rings. The van der Waals surface area contributed by atoms with Crippen molar-refractivity contribution in [3.63, 3.8) is 0 Å². The highest BCUT2D eigenvalue weighted by Gasteiger charge is 2.14. The van der Waals surface area contributed by atoms with Gasteiger partial charge in [-0.05, 0) is 23.6 Å². The molecule has 0 amide bonds. The monoisotopic (exact) mass is 267 g/mol. The summed E-state index contributed by atoms with van der Waals surface area (Å²) < 4.78 is 13.8. The van der Waals surface area contributed by atoms with Crippen LogP contribution < -0.4 is 0 Å². The second-order valence-electron chi connectivity index (χ2n) is 4.74. The van der Waals surface area contributed by atoms with Crippen LogP contribution in [0.4, 0.5) is 4.39 Å². The van der Waals surface area contributed by atoms with Gasteiger partial charge in [-0.15, -0.1) is 0 Å². The average Bonchev–Trinajstić information content (AvgIpc) is 2.87. The molecule has 0 aliphatic rings. The van der Waals surface area contributed by atoms with Gasteiger partial charge in [0.25, 0.3) is 0 Å². The Hall–Kier alpha value is -2.42. The van der Waals surface area contributed by atoms with Crippen molar-refractivity contribution in [3.05, 3.63) is 59.4 Å². The van der Waals surface area contributed by atoms with Crippen LogP contribution in [-0.2, 0) is 6.42 Å². The topological polar surface area (TPSA) is 32.9 Å². The summed E-state index contributed by atoms with van der Waals surface area (Å²) in [5.74, 6) is -0.345. The predicted octanol–water partition coefficient (Wildman–Crippen LogP) is 4.35. The Balaban J connectivity index is 2.24. The maximum atomic E-state index is 13.8. The fourth-order valence-corrected chi connectivity index (χ4v) is 2.46. The minimum Gasteiger partial charge on any atom is -0.352 e. The van der Waals surface area contributed by atoms with Crippen molar-refractivity contribution >= 4 is 17.2 Å². The van der Waals surface area contributed by atoms with Crippen LogP contribution in [0.2, 0.25) is 0 Å². The van der Waals surface area contributed by atoms with Gasteiger partial charge < -0.3 is 4.98 Å². The largest absolute Gasteiger partial charge is 0.352 e. The van der Waals surface area contributed by atoms with E-state index in [2.05, 4.69) is 11.9 Å². The number of aromatic nitrogens is 1. The molecule has 0 atom stereocenters. The third-order valence-corrected chi connectivity index (χ3v) is 3.59. The van der Waals surface area contributed by atoms with Crippen LogP contribution in [0.5, 0.6) is 0 Å². The molecule has 0 bridgehead atoms. The highest BCUT2D eigenvalue weighted by atomic mass is 19.1. The molecule has 0 unspecified atom stereocenters. The zero-order valence-electron chi connectivity index (χ0n) is 11.1. The lowest BCUT2D eigenvalue weighted by Gasteiger charge is -2.01. The van der Waals surface area contributed by atoms with E-state index in [4.69, 9.17) is 0 Å². The molecule has 20 heavy (non-hydrogen) atoms. The molecular weight excluding hydrogens is 253 g/mol. The van der Waals surface area contributed by atoms with E-state index in [9.17, 15) is 9.18 Å². The normalized spacial score (nSPS) is 10.9. The Labute approximate surface area is 116 Å². The van der Waals surface area contributed by atoms with Crippen LogP contribution in [0.15, 0.2) is 42.5 Å². The molecule has 3 heteroatoms. The Morgan fingerprint density at radius 1 is 1.15 bits per heavy atom. The van der Waals surface area contributed by atoms with Crippen LogP contribution in [0.3, 0.4) is 0 Å². The van der Waals surface area contributed by atoms with Crippen LogP contribution in [0.25, 0.3) is 22.2 Å². The number of carbonyl (C=O) groups is 1. The zero-order chi connectivity index (χ0) is 14.1. The number of hydrogen-bond acceptors (Lipinski definition) is 1. The lowest BCUT2D eigenvalue weighted by atomic mass is 10.0. The van der Waals surface area contributed by atoms with E-state index in [0.29, 0.717) is 22.2 Å². The number of carbonyl (C=O) groups excluding carboxylic acids is 1. The number of aromatic amines is 1. The molecule has 0 radical (unpaired) electrons. The van der Waals surface area contributed by atoms with E-state index < -0.39 is 0 Å². The Morgan fingerprint density at radius 2 is 1.90 bits per heavy atom. The summed E-state index contributed by atoms with van der Waals surface area (Å²) in [6.07, 6.45) is 1.74. The predicted molar refractivity (Wildman–Crippen MR) is 78.5 cm³/mol. The fourth-order valence-electron chi connectivity index (χ4n) is 2.46. The van der Waals surface area contributed by atoms with Crippen molar-refractivity contribution in [2.24, 2.45) is 0 Å². The molecule has 0 saturated heterocycles. The van der Waals surface area contributed by atoms with Crippen molar-refractivity contribution in [2.75, 3.05) is 0 Å². The number of benzene rings is 2. The Morgan fingerprint density at radius 3 is 2.55 bits per heavy atom. The summed E-state index contributed by atoms with van der Waals surface area (Å²) >= 11 is 0. The van der Waals surface area contributed by atoms with Crippen molar-refractivity contribution < 1.29 is 9.18 Å².